The highest BCUT2D eigenvalue weighted by molar-refractivity contribution is 9.10. The molecular weight excluding hydrogens is 530 g/mol. The molecule has 1 aromatic heterocycles. The second-order valence-corrected chi connectivity index (χ2v) is 10.5. The number of hydrogen-bond donors (Lipinski definition) is 3. The lowest BCUT2D eigenvalue weighted by Crippen LogP contribution is -2.52. The molecular formula is C25H24BrN5O5. The monoisotopic (exact) mass is 553 g/mol. The van der Waals surface area contributed by atoms with Crippen molar-refractivity contribution in [1.82, 2.24) is 15.8 Å². The molecule has 1 aliphatic heterocycles. The predicted molar refractivity (Wildman–Crippen MR) is 133 cm³/mol. The molecule has 1 spiro atoms. The van der Waals surface area contributed by atoms with E-state index in [1.165, 1.54) is 0 Å². The topological polar surface area (TPSA) is 129 Å². The van der Waals surface area contributed by atoms with E-state index in [-0.39, 0.29) is 12.0 Å². The Bertz CT molecular complexity index is 1450. The molecule has 2 heterocycles. The summed E-state index contributed by atoms with van der Waals surface area (Å²) < 4.78 is 12.7. The van der Waals surface area contributed by atoms with Gasteiger partial charge in [0.15, 0.2) is 5.66 Å². The Labute approximate surface area is 214 Å². The molecule has 186 valence electrons. The minimum Gasteiger partial charge on any atom is -0.480 e. The molecule has 0 saturated heterocycles. The van der Waals surface area contributed by atoms with Crippen LogP contribution in [0.2, 0.25) is 0 Å². The quantitative estimate of drug-likeness (QED) is 0.411. The van der Waals surface area contributed by atoms with Gasteiger partial charge in [-0.3, -0.25) is 5.43 Å². The summed E-state index contributed by atoms with van der Waals surface area (Å²) in [6.07, 6.45) is -0.702. The molecule has 3 aromatic rings. The first-order valence-corrected chi connectivity index (χ1v) is 12.5. The fraction of sp³-hybridized carbons (Fsp3) is 0.360. The van der Waals surface area contributed by atoms with Crippen molar-refractivity contribution >= 4 is 39.0 Å². The fourth-order valence-electron chi connectivity index (χ4n) is 5.32. The average Bonchev–Trinajstić information content (AvgIpc) is 3.33. The number of rotatable bonds is 5. The van der Waals surface area contributed by atoms with E-state index in [4.69, 9.17) is 9.15 Å². The van der Waals surface area contributed by atoms with E-state index in [1.807, 2.05) is 48.3 Å². The first-order chi connectivity index (χ1) is 17.2. The van der Waals surface area contributed by atoms with E-state index in [0.29, 0.717) is 6.42 Å². The molecule has 0 radical (unpaired) electrons. The Morgan fingerprint density at radius 3 is 2.83 bits per heavy atom. The number of carboxylic acids is 1. The minimum absolute atomic E-state index is 0.263. The molecule has 1 saturated carbocycles. The summed E-state index contributed by atoms with van der Waals surface area (Å²) in [6.45, 7) is 5.49. The van der Waals surface area contributed by atoms with Gasteiger partial charge in [0.2, 0.25) is 0 Å². The van der Waals surface area contributed by atoms with Gasteiger partial charge in [0.25, 0.3) is 0 Å². The normalized spacial score (nSPS) is 24.1. The number of nitrogens with one attached hydrogen (secondary N) is 2. The Morgan fingerprint density at radius 1 is 1.31 bits per heavy atom. The predicted octanol–water partition coefficient (Wildman–Crippen LogP) is 4.85. The SMILES string of the molecule is Cc1ccc2oc3c(Br)c2c1C1(NN=NN1C1CC1OC(=O)N[C@H](C(=O)O)C(C)C)c1ccccc1-3. The molecule has 3 unspecified atom stereocenters. The molecule has 6 rings (SSSR count). The number of nitrogens with zero attached hydrogens (tertiary/aromatic N) is 3. The van der Waals surface area contributed by atoms with Gasteiger partial charge in [0, 0.05) is 28.5 Å². The van der Waals surface area contributed by atoms with Crippen LogP contribution in [0.25, 0.3) is 22.3 Å². The highest BCUT2D eigenvalue weighted by Gasteiger charge is 2.59. The summed E-state index contributed by atoms with van der Waals surface area (Å²) in [5.41, 5.74) is 6.88. The molecule has 3 aliphatic rings. The van der Waals surface area contributed by atoms with Crippen LogP contribution < -0.4 is 10.7 Å². The summed E-state index contributed by atoms with van der Waals surface area (Å²) >= 11 is 3.77. The number of benzene rings is 2. The lowest BCUT2D eigenvalue weighted by atomic mass is 9.84. The highest BCUT2D eigenvalue weighted by Crippen LogP contribution is 2.55. The summed E-state index contributed by atoms with van der Waals surface area (Å²) in [4.78, 5) is 24.0. The number of carbonyl (C=O) groups excluding carboxylic acids is 1. The molecule has 2 aromatic carbocycles. The second kappa shape index (κ2) is 7.95. The smallest absolute Gasteiger partial charge is 0.408 e. The zero-order valence-corrected chi connectivity index (χ0v) is 21.4. The molecule has 3 N–H and O–H groups in total. The largest absolute Gasteiger partial charge is 0.480 e. The van der Waals surface area contributed by atoms with Crippen molar-refractivity contribution in [3.8, 4) is 11.3 Å². The van der Waals surface area contributed by atoms with Gasteiger partial charge in [0.1, 0.15) is 23.5 Å². The van der Waals surface area contributed by atoms with Crippen LogP contribution in [-0.4, -0.2) is 40.4 Å². The maximum absolute atomic E-state index is 12.5. The highest BCUT2D eigenvalue weighted by atomic mass is 79.9. The van der Waals surface area contributed by atoms with Crippen molar-refractivity contribution in [1.29, 1.82) is 0 Å². The zero-order chi connectivity index (χ0) is 25.4. The van der Waals surface area contributed by atoms with Gasteiger partial charge in [-0.2, -0.15) is 0 Å². The van der Waals surface area contributed by atoms with E-state index >= 15 is 0 Å². The maximum Gasteiger partial charge on any atom is 0.408 e. The van der Waals surface area contributed by atoms with Gasteiger partial charge >= 0.3 is 12.1 Å². The summed E-state index contributed by atoms with van der Waals surface area (Å²) in [7, 11) is 0. The van der Waals surface area contributed by atoms with Crippen LogP contribution in [0.3, 0.4) is 0 Å². The van der Waals surface area contributed by atoms with Gasteiger partial charge in [-0.1, -0.05) is 54.6 Å². The molecule has 1 fully saturated rings. The number of alkyl carbamates (subject to hydrolysis) is 1. The Kier molecular flexibility index (Phi) is 5.05. The van der Waals surface area contributed by atoms with Crippen molar-refractivity contribution in [2.24, 2.45) is 16.4 Å². The molecule has 11 heteroatoms. The molecule has 2 bridgehead atoms. The first-order valence-electron chi connectivity index (χ1n) is 11.7. The molecule has 1 amide bonds. The standard InChI is InChI=1S/C25H24BrN5O5/c1-11(2)21(23(32)33)27-24(34)36-17-10-15(17)31-25(28-29-30-31)14-7-5-4-6-13(14)22-20(26)18-16(35-22)9-8-12(3)19(18)25/h4-9,11,15,17,21H,10H2,1-3H3,(H,27,34)(H,28,30)(H,32,33)/t15?,17?,21-,25?/m0/s1. The van der Waals surface area contributed by atoms with Crippen LogP contribution in [0.4, 0.5) is 4.79 Å². The third-order valence-electron chi connectivity index (χ3n) is 7.10. The van der Waals surface area contributed by atoms with Crippen molar-refractivity contribution in [2.45, 2.75) is 51.0 Å². The number of carbonyl (C=O) groups is 2. The summed E-state index contributed by atoms with van der Waals surface area (Å²) in [6, 6.07) is 10.6. The average molecular weight is 554 g/mol. The Morgan fingerprint density at radius 2 is 2.08 bits per heavy atom. The number of aryl methyl sites for hydroxylation is 1. The van der Waals surface area contributed by atoms with Crippen molar-refractivity contribution in [3.63, 3.8) is 0 Å². The maximum atomic E-state index is 12.5. The lowest BCUT2D eigenvalue weighted by Gasteiger charge is -2.39. The van der Waals surface area contributed by atoms with Crippen LogP contribution in [0.1, 0.15) is 37.0 Å². The number of hydrogen-bond acceptors (Lipinski definition) is 8. The molecule has 10 nitrogen and oxygen atoms in total. The van der Waals surface area contributed by atoms with Crippen LogP contribution >= 0.6 is 15.9 Å². The van der Waals surface area contributed by atoms with Crippen LogP contribution in [0.15, 0.2) is 55.7 Å². The van der Waals surface area contributed by atoms with Gasteiger partial charge in [0.05, 0.1) is 10.5 Å². The summed E-state index contributed by atoms with van der Waals surface area (Å²) in [5, 5.41) is 23.4. The van der Waals surface area contributed by atoms with E-state index in [9.17, 15) is 14.7 Å². The summed E-state index contributed by atoms with van der Waals surface area (Å²) in [5.74, 6) is -0.655. The Balaban J connectivity index is 1.38. The third kappa shape index (κ3) is 3.15. The number of amides is 1. The van der Waals surface area contributed by atoms with Crippen molar-refractivity contribution in [3.05, 3.63) is 57.6 Å². The Hall–Kier alpha value is -3.60. The number of ether oxygens (including phenoxy) is 1. The molecule has 36 heavy (non-hydrogen) atoms. The van der Waals surface area contributed by atoms with E-state index in [0.717, 1.165) is 43.5 Å². The molecule has 2 aliphatic carbocycles. The number of fused-ring (bicyclic) bond motifs is 5. The van der Waals surface area contributed by atoms with E-state index in [2.05, 4.69) is 37.1 Å². The number of furan rings is 1. The van der Waals surface area contributed by atoms with Gasteiger partial charge in [-0.25, -0.2) is 14.6 Å². The first kappa shape index (κ1) is 22.8. The van der Waals surface area contributed by atoms with Gasteiger partial charge in [-0.05, 0) is 40.4 Å². The molecule has 4 atom stereocenters. The van der Waals surface area contributed by atoms with E-state index < -0.39 is 29.9 Å². The van der Waals surface area contributed by atoms with E-state index in [1.54, 1.807) is 13.8 Å². The van der Waals surface area contributed by atoms with Gasteiger partial charge in [-0.15, -0.1) is 0 Å². The van der Waals surface area contributed by atoms with Crippen LogP contribution in [0, 0.1) is 12.8 Å². The zero-order valence-electron chi connectivity index (χ0n) is 19.8. The fourth-order valence-corrected chi connectivity index (χ4v) is 6.00. The van der Waals surface area contributed by atoms with Gasteiger partial charge < -0.3 is 19.6 Å². The number of aliphatic carboxylic acids is 1. The number of carboxylic acid groups (broad SMARTS) is 1. The van der Waals surface area contributed by atoms with Crippen LogP contribution in [-0.2, 0) is 15.2 Å². The minimum atomic E-state index is -1.10. The van der Waals surface area contributed by atoms with Crippen molar-refractivity contribution < 1.29 is 23.8 Å². The second-order valence-electron chi connectivity index (χ2n) is 9.73. The number of halogens is 1. The lowest BCUT2D eigenvalue weighted by molar-refractivity contribution is -0.140. The third-order valence-corrected chi connectivity index (χ3v) is 7.86. The van der Waals surface area contributed by atoms with Crippen molar-refractivity contribution in [2.75, 3.05) is 0 Å². The van der Waals surface area contributed by atoms with Crippen LogP contribution in [0.5, 0.6) is 0 Å².